The normalized spacial score (nSPS) is 11.6. The van der Waals surface area contributed by atoms with Crippen molar-refractivity contribution < 1.29 is 0 Å². The molecule has 25 rings (SSSR count). The van der Waals surface area contributed by atoms with Gasteiger partial charge in [-0.2, -0.15) is 0 Å². The van der Waals surface area contributed by atoms with Crippen molar-refractivity contribution in [3.63, 3.8) is 0 Å². The van der Waals surface area contributed by atoms with Crippen LogP contribution in [0.1, 0.15) is 33.4 Å². The fourth-order valence-electron chi connectivity index (χ4n) is 18.9. The van der Waals surface area contributed by atoms with Crippen molar-refractivity contribution in [2.75, 3.05) is 0 Å². The molecule has 0 aliphatic heterocycles. The molecule has 0 bridgehead atoms. The van der Waals surface area contributed by atoms with E-state index in [1.54, 1.807) is 0 Å². The van der Waals surface area contributed by atoms with Gasteiger partial charge in [0.25, 0.3) is 0 Å². The van der Waals surface area contributed by atoms with Crippen LogP contribution in [0, 0.1) is 0 Å². The summed E-state index contributed by atoms with van der Waals surface area (Å²) >= 11 is 0. The summed E-state index contributed by atoms with van der Waals surface area (Å²) in [5, 5.41) is 0. The van der Waals surface area contributed by atoms with Gasteiger partial charge in [-0.1, -0.05) is 419 Å². The Morgan fingerprint density at radius 1 is 0.104 bits per heavy atom. The van der Waals surface area contributed by atoms with Crippen LogP contribution in [-0.4, -0.2) is 44.9 Å². The zero-order valence-electron chi connectivity index (χ0n) is 73.8. The average Bonchev–Trinajstić information content (AvgIpc) is 1.70. The number of hydrogen-bond donors (Lipinski definition) is 0. The Morgan fingerprint density at radius 3 is 0.704 bits per heavy atom. The fourth-order valence-corrected chi connectivity index (χ4v) is 18.9. The van der Waals surface area contributed by atoms with Gasteiger partial charge in [0.15, 0.2) is 52.4 Å². The molecule has 0 radical (unpaired) electrons. The molecule has 0 amide bonds. The largest absolute Gasteiger partial charge is 0.208 e. The topological polar surface area (TPSA) is 116 Å². The van der Waals surface area contributed by atoms with Crippen LogP contribution >= 0.6 is 0 Å². The van der Waals surface area contributed by atoms with E-state index < -0.39 is 0 Å². The van der Waals surface area contributed by atoms with Gasteiger partial charge in [0, 0.05) is 50.1 Å². The maximum absolute atomic E-state index is 5.09. The van der Waals surface area contributed by atoms with E-state index in [-0.39, 0.29) is 0 Å². The molecule has 0 N–H and O–H groups in total. The average molecular weight is 1730 g/mol. The number of fused-ring (bicyclic) bond motifs is 9. The number of rotatable bonds is 16. The van der Waals surface area contributed by atoms with Gasteiger partial charge in [-0.05, 0) is 225 Å². The van der Waals surface area contributed by atoms with Crippen LogP contribution in [0.5, 0.6) is 0 Å². The first kappa shape index (κ1) is 81.7. The lowest BCUT2D eigenvalue weighted by atomic mass is 9.90. The minimum atomic E-state index is 0.644. The highest BCUT2D eigenvalue weighted by molar-refractivity contribution is 5.94. The molecule has 0 saturated carbocycles. The molecule has 3 aromatic heterocycles. The van der Waals surface area contributed by atoms with E-state index in [1.165, 1.54) is 94.6 Å². The van der Waals surface area contributed by atoms with Crippen LogP contribution in [-0.2, 0) is 19.3 Å². The van der Waals surface area contributed by atoms with E-state index in [1.807, 2.05) is 182 Å². The third-order valence-electron chi connectivity index (χ3n) is 25.6. The Morgan fingerprint density at radius 2 is 0.319 bits per heavy atom. The highest BCUT2D eigenvalue weighted by Gasteiger charge is 2.27. The zero-order chi connectivity index (χ0) is 89.8. The minimum absolute atomic E-state index is 0.644. The van der Waals surface area contributed by atoms with E-state index in [0.717, 1.165) is 119 Å². The van der Waals surface area contributed by atoms with Crippen LogP contribution in [0.2, 0.25) is 0 Å². The number of nitrogens with zero attached hydrogens (tertiary/aromatic N) is 9. The van der Waals surface area contributed by atoms with Gasteiger partial charge < -0.3 is 0 Å². The molecule has 3 aliphatic rings. The second kappa shape index (κ2) is 36.6. The van der Waals surface area contributed by atoms with Crippen molar-refractivity contribution in [3.8, 4) is 214 Å². The van der Waals surface area contributed by atoms with Crippen molar-refractivity contribution in [2.45, 2.75) is 19.3 Å². The smallest absolute Gasteiger partial charge is 0.164 e. The summed E-state index contributed by atoms with van der Waals surface area (Å²) in [7, 11) is 0. The van der Waals surface area contributed by atoms with E-state index in [2.05, 4.69) is 297 Å². The molecule has 0 spiro atoms. The molecule has 19 aromatic carbocycles. The van der Waals surface area contributed by atoms with Gasteiger partial charge in [-0.15, -0.1) is 0 Å². The summed E-state index contributed by atoms with van der Waals surface area (Å²) in [6.45, 7) is 0. The van der Waals surface area contributed by atoms with E-state index in [9.17, 15) is 0 Å². The fraction of sp³-hybridized carbons (Fsp3) is 0.0238. The Balaban J connectivity index is 0.000000114. The van der Waals surface area contributed by atoms with Gasteiger partial charge in [0.05, 0.1) is 0 Å². The van der Waals surface area contributed by atoms with Crippen LogP contribution in [0.25, 0.3) is 214 Å². The SMILES string of the molecule is c1ccc(-c2cc(-c3ccc4c(c3)-c3ccccc3C4)cc(-c3nc(-c4ccccc4)nc(-c4ccccc4)n3)c2)cc1.c1ccc(-c2cc(-c3nc(-c4ccccc4)nc(-c4ccccc4)n3)cc(-c3cccc4c3-c3ccccc3C4)c2)cc1.c1ccc(-c2ccc(-c3cc(-c4ccc5c(c4)Cc4ccccc4-5)cc(-c4nc(-c5ccccc5)nc(-c5ccccc5)n4)c3)cc2)cc1. The van der Waals surface area contributed by atoms with E-state index in [4.69, 9.17) is 44.9 Å². The molecule has 3 aliphatic carbocycles. The highest BCUT2D eigenvalue weighted by atomic mass is 15.1. The lowest BCUT2D eigenvalue weighted by Gasteiger charge is -2.15. The van der Waals surface area contributed by atoms with E-state index in [0.29, 0.717) is 52.4 Å². The molecule has 135 heavy (non-hydrogen) atoms. The maximum Gasteiger partial charge on any atom is 0.164 e. The second-order valence-electron chi connectivity index (χ2n) is 34.3. The van der Waals surface area contributed by atoms with Crippen LogP contribution < -0.4 is 0 Å². The lowest BCUT2D eigenvalue weighted by molar-refractivity contribution is 1.07. The third kappa shape index (κ3) is 17.2. The summed E-state index contributed by atoms with van der Waals surface area (Å²) in [5.41, 5.74) is 41.0. The molecule has 9 heteroatoms. The van der Waals surface area contributed by atoms with Gasteiger partial charge in [0.1, 0.15) is 0 Å². The van der Waals surface area contributed by atoms with Crippen molar-refractivity contribution in [1.29, 1.82) is 0 Å². The molecule has 3 heterocycles. The summed E-state index contributed by atoms with van der Waals surface area (Å²) in [4.78, 5) is 45.1. The lowest BCUT2D eigenvalue weighted by Crippen LogP contribution is -2.00. The minimum Gasteiger partial charge on any atom is -0.208 e. The summed E-state index contributed by atoms with van der Waals surface area (Å²) in [5.74, 6) is 5.88. The third-order valence-corrected chi connectivity index (χ3v) is 25.6. The Kier molecular flexibility index (Phi) is 22.2. The van der Waals surface area contributed by atoms with Crippen LogP contribution in [0.15, 0.2) is 479 Å². The summed E-state index contributed by atoms with van der Waals surface area (Å²) < 4.78 is 0. The number of benzene rings is 19. The van der Waals surface area contributed by atoms with Crippen molar-refractivity contribution >= 4 is 0 Å². The first-order chi connectivity index (χ1) is 66.8. The molecule has 0 unspecified atom stereocenters. The van der Waals surface area contributed by atoms with Crippen molar-refractivity contribution in [1.82, 2.24) is 44.9 Å². The van der Waals surface area contributed by atoms with Crippen molar-refractivity contribution in [2.24, 2.45) is 0 Å². The first-order valence-electron chi connectivity index (χ1n) is 45.8. The molecule has 0 saturated heterocycles. The second-order valence-corrected chi connectivity index (χ2v) is 34.3. The Hall–Kier alpha value is -17.8. The molecule has 9 nitrogen and oxygen atoms in total. The van der Waals surface area contributed by atoms with Gasteiger partial charge in [0.2, 0.25) is 0 Å². The zero-order valence-corrected chi connectivity index (χ0v) is 73.8. The molecular weight excluding hydrogens is 1640 g/mol. The summed E-state index contributed by atoms with van der Waals surface area (Å²) in [6.07, 6.45) is 2.89. The van der Waals surface area contributed by atoms with Gasteiger partial charge >= 0.3 is 0 Å². The maximum atomic E-state index is 5.09. The monoisotopic (exact) mass is 1720 g/mol. The number of aromatic nitrogens is 9. The van der Waals surface area contributed by atoms with Crippen LogP contribution in [0.4, 0.5) is 0 Å². The predicted octanol–water partition coefficient (Wildman–Crippen LogP) is 31.0. The quantitative estimate of drug-likeness (QED) is 0.0932. The predicted molar refractivity (Wildman–Crippen MR) is 551 cm³/mol. The Labute approximate surface area is 785 Å². The first-order valence-corrected chi connectivity index (χ1v) is 45.8. The Bertz CT molecular complexity index is 7960. The molecule has 634 valence electrons. The number of hydrogen-bond acceptors (Lipinski definition) is 9. The standard InChI is InChI=1S/C46H31N3.2C40H27N3/c1-4-12-31(13-5-1)32-20-22-33(23-21-32)38-28-39(36-24-25-43-40(26-36)27-37-18-10-11-19-42(37)43)30-41(29-38)46-48-44(34-14-6-2-7-15-34)47-45(49-46)35-16-8-3-9-17-35;1-4-13-27(14-5-1)32-24-33(36-22-12-20-31-23-30-19-10-11-21-35(30)37(31)36)26-34(25-32)40-42-38(28-15-6-2-7-16-28)41-39(43-40)29-17-8-3-9-18-29;1-4-12-27(13-5-1)33-23-34(30-20-21-32-22-31-18-10-11-19-36(31)37(32)26-30)25-35(24-33)40-42-38(28-14-6-2-7-15-28)41-39(43-40)29-16-8-3-9-17-29/h1-26,28-30H,27H2;1-22,24-26H,23H2;1-21,23-26H,22H2. The summed E-state index contributed by atoms with van der Waals surface area (Å²) in [6, 6.07) is 168. The molecular formula is C126H85N9. The van der Waals surface area contributed by atoms with Crippen LogP contribution in [0.3, 0.4) is 0 Å². The highest BCUT2D eigenvalue weighted by Crippen LogP contribution is 2.48. The molecule has 0 atom stereocenters. The van der Waals surface area contributed by atoms with Gasteiger partial charge in [-0.3, -0.25) is 0 Å². The van der Waals surface area contributed by atoms with E-state index >= 15 is 0 Å². The van der Waals surface area contributed by atoms with Gasteiger partial charge in [-0.25, -0.2) is 44.9 Å². The molecule has 0 fully saturated rings. The van der Waals surface area contributed by atoms with Crippen molar-refractivity contribution in [3.05, 3.63) is 513 Å². The molecule has 22 aromatic rings.